The van der Waals surface area contributed by atoms with Crippen molar-refractivity contribution in [1.29, 1.82) is 10.5 Å². The highest BCUT2D eigenvalue weighted by Gasteiger charge is 2.32. The van der Waals surface area contributed by atoms with Crippen LogP contribution in [0, 0.1) is 22.7 Å². The molecule has 0 atom stereocenters. The number of benzene rings is 8. The van der Waals surface area contributed by atoms with Crippen molar-refractivity contribution in [2.75, 3.05) is 0 Å². The van der Waals surface area contributed by atoms with Crippen LogP contribution in [0.4, 0.5) is 13.2 Å². The van der Waals surface area contributed by atoms with Crippen LogP contribution in [-0.2, 0) is 6.18 Å². The van der Waals surface area contributed by atoms with Gasteiger partial charge in [-0.15, -0.1) is 0 Å². The van der Waals surface area contributed by atoms with E-state index in [-0.39, 0.29) is 11.1 Å². The van der Waals surface area contributed by atoms with Gasteiger partial charge in [-0.2, -0.15) is 23.7 Å². The van der Waals surface area contributed by atoms with Crippen LogP contribution in [0.5, 0.6) is 0 Å². The van der Waals surface area contributed by atoms with Gasteiger partial charge in [0.1, 0.15) is 6.07 Å². The first kappa shape index (κ1) is 34.6. The van der Waals surface area contributed by atoms with E-state index >= 15 is 0 Å². The minimum Gasteiger partial charge on any atom is -0.309 e. The van der Waals surface area contributed by atoms with Crippen LogP contribution in [0.1, 0.15) is 16.7 Å². The molecular weight excluding hydrogens is 726 g/mol. The monoisotopic (exact) mass is 754 g/mol. The van der Waals surface area contributed by atoms with Crippen molar-refractivity contribution >= 4 is 43.6 Å². The van der Waals surface area contributed by atoms with Crippen LogP contribution in [0.3, 0.4) is 0 Å². The van der Waals surface area contributed by atoms with Gasteiger partial charge in [-0.1, -0.05) is 109 Å². The molecule has 10 rings (SSSR count). The van der Waals surface area contributed by atoms with Crippen LogP contribution in [0.2, 0.25) is 0 Å². The summed E-state index contributed by atoms with van der Waals surface area (Å²) < 4.78 is 47.6. The third-order valence-corrected chi connectivity index (χ3v) is 11.0. The summed E-state index contributed by atoms with van der Waals surface area (Å²) in [6, 6.07) is 59.8. The fraction of sp³-hybridized carbons (Fsp3) is 0.0196. The van der Waals surface area contributed by atoms with Crippen LogP contribution in [0.25, 0.3) is 88.4 Å². The van der Waals surface area contributed by atoms with Crippen molar-refractivity contribution in [1.82, 2.24) is 9.13 Å². The normalized spacial score (nSPS) is 11.7. The zero-order valence-corrected chi connectivity index (χ0v) is 30.7. The Morgan fingerprint density at radius 3 is 1.41 bits per heavy atom. The molecule has 0 aliphatic heterocycles. The van der Waals surface area contributed by atoms with Crippen LogP contribution in [0.15, 0.2) is 176 Å². The SMILES string of the molecule is N#Cc1cc(-c2cc(-n3c4ccccc4c4cc(-c5ccccc5)ccc43)c(C#N)cc2-n2c3ccccc3c3cc(-c4ccccc4)ccc32)cc(C(F)(F)F)c1. The Morgan fingerprint density at radius 2 is 0.897 bits per heavy atom. The number of nitrogens with zero attached hydrogens (tertiary/aromatic N) is 4. The third-order valence-electron chi connectivity index (χ3n) is 11.0. The maximum atomic E-state index is 14.5. The molecule has 0 N–H and O–H groups in total. The van der Waals surface area contributed by atoms with E-state index in [4.69, 9.17) is 0 Å². The second-order valence-electron chi connectivity index (χ2n) is 14.3. The van der Waals surface area contributed by atoms with Gasteiger partial charge in [0.05, 0.1) is 56.2 Å². The molecule has 0 saturated carbocycles. The Morgan fingerprint density at radius 1 is 0.397 bits per heavy atom. The number of rotatable bonds is 5. The minimum absolute atomic E-state index is 0.123. The topological polar surface area (TPSA) is 57.4 Å². The Labute approximate surface area is 331 Å². The number of nitriles is 2. The van der Waals surface area contributed by atoms with Crippen molar-refractivity contribution in [3.63, 3.8) is 0 Å². The largest absolute Gasteiger partial charge is 0.416 e. The Kier molecular flexibility index (Phi) is 8.00. The number of para-hydroxylation sites is 2. The summed E-state index contributed by atoms with van der Waals surface area (Å²) in [5.41, 5.74) is 8.38. The van der Waals surface area contributed by atoms with Crippen molar-refractivity contribution < 1.29 is 13.2 Å². The van der Waals surface area contributed by atoms with E-state index in [0.717, 1.165) is 78.0 Å². The zero-order valence-electron chi connectivity index (χ0n) is 30.7. The summed E-state index contributed by atoms with van der Waals surface area (Å²) in [7, 11) is 0. The smallest absolute Gasteiger partial charge is 0.309 e. The maximum absolute atomic E-state index is 14.5. The Hall–Kier alpha value is -7.87. The summed E-state index contributed by atoms with van der Waals surface area (Å²) in [6.45, 7) is 0. The van der Waals surface area contributed by atoms with Gasteiger partial charge in [0.2, 0.25) is 0 Å². The molecule has 0 bridgehead atoms. The number of aromatic nitrogens is 2. The molecule has 7 heteroatoms. The predicted octanol–water partition coefficient (Wildman–Crippen LogP) is 13.6. The number of fused-ring (bicyclic) bond motifs is 6. The summed E-state index contributed by atoms with van der Waals surface area (Å²) >= 11 is 0. The fourth-order valence-electron chi connectivity index (χ4n) is 8.36. The van der Waals surface area contributed by atoms with Gasteiger partial charge in [0.15, 0.2) is 0 Å². The highest BCUT2D eigenvalue weighted by molar-refractivity contribution is 6.12. The van der Waals surface area contributed by atoms with E-state index in [0.29, 0.717) is 22.5 Å². The zero-order chi connectivity index (χ0) is 39.5. The molecule has 2 aromatic heterocycles. The summed E-state index contributed by atoms with van der Waals surface area (Å²) in [4.78, 5) is 0. The quantitative estimate of drug-likeness (QED) is 0.176. The molecule has 0 radical (unpaired) electrons. The molecule has 0 saturated heterocycles. The summed E-state index contributed by atoms with van der Waals surface area (Å²) in [5, 5.41) is 24.8. The molecule has 0 aliphatic rings. The number of alkyl halides is 3. The van der Waals surface area contributed by atoms with Gasteiger partial charge in [0.25, 0.3) is 0 Å². The lowest BCUT2D eigenvalue weighted by Crippen LogP contribution is -2.07. The number of hydrogen-bond acceptors (Lipinski definition) is 2. The van der Waals surface area contributed by atoms with E-state index in [9.17, 15) is 23.7 Å². The first-order chi connectivity index (χ1) is 28.3. The van der Waals surface area contributed by atoms with Crippen LogP contribution < -0.4 is 0 Å². The molecule has 10 aromatic rings. The van der Waals surface area contributed by atoms with Gasteiger partial charge in [0, 0.05) is 27.1 Å². The highest BCUT2D eigenvalue weighted by Crippen LogP contribution is 2.43. The van der Waals surface area contributed by atoms with Gasteiger partial charge >= 0.3 is 6.18 Å². The summed E-state index contributed by atoms with van der Waals surface area (Å²) in [5.74, 6) is 0. The molecular formula is C51H29F3N4. The minimum atomic E-state index is -4.71. The molecule has 2 heterocycles. The molecule has 0 spiro atoms. The molecule has 4 nitrogen and oxygen atoms in total. The van der Waals surface area contributed by atoms with E-state index < -0.39 is 11.7 Å². The molecule has 274 valence electrons. The van der Waals surface area contributed by atoms with Gasteiger partial charge in [-0.3, -0.25) is 0 Å². The first-order valence-corrected chi connectivity index (χ1v) is 18.7. The Balaban J connectivity index is 1.31. The lowest BCUT2D eigenvalue weighted by atomic mass is 9.95. The lowest BCUT2D eigenvalue weighted by molar-refractivity contribution is -0.137. The standard InChI is InChI=1S/C51H29F3N4/c52-51(53,54)39-24-32(30-55)23-37(25-39)42-29-49(57-45-17-9-7-15-40(45)43-26-35(19-21-47(43)57)33-11-3-1-4-12-33)38(31-56)28-50(42)58-46-18-10-8-16-41(46)44-27-36(20-22-48(44)58)34-13-5-2-6-14-34/h1-29H. The lowest BCUT2D eigenvalue weighted by Gasteiger charge is -2.20. The van der Waals surface area contributed by atoms with Gasteiger partial charge < -0.3 is 9.13 Å². The highest BCUT2D eigenvalue weighted by atomic mass is 19.4. The molecule has 0 fully saturated rings. The number of halogens is 3. The first-order valence-electron chi connectivity index (χ1n) is 18.7. The second-order valence-corrected chi connectivity index (χ2v) is 14.3. The second kappa shape index (κ2) is 13.4. The predicted molar refractivity (Wildman–Crippen MR) is 226 cm³/mol. The molecule has 58 heavy (non-hydrogen) atoms. The van der Waals surface area contributed by atoms with Crippen LogP contribution in [-0.4, -0.2) is 9.13 Å². The van der Waals surface area contributed by atoms with Gasteiger partial charge in [-0.25, -0.2) is 0 Å². The average molecular weight is 755 g/mol. The van der Waals surface area contributed by atoms with E-state index in [1.165, 1.54) is 6.07 Å². The van der Waals surface area contributed by atoms with Crippen molar-refractivity contribution in [3.8, 4) is 56.9 Å². The molecule has 0 unspecified atom stereocenters. The van der Waals surface area contributed by atoms with Crippen molar-refractivity contribution in [2.24, 2.45) is 0 Å². The molecule has 0 amide bonds. The van der Waals surface area contributed by atoms with Gasteiger partial charge in [-0.05, 0) is 94.5 Å². The van der Waals surface area contributed by atoms with E-state index in [1.807, 2.05) is 137 Å². The van der Waals surface area contributed by atoms with Crippen molar-refractivity contribution in [3.05, 3.63) is 193 Å². The molecule has 8 aromatic carbocycles. The van der Waals surface area contributed by atoms with Crippen molar-refractivity contribution in [2.45, 2.75) is 6.18 Å². The third kappa shape index (κ3) is 5.60. The Bertz CT molecular complexity index is 3340. The fourth-order valence-corrected chi connectivity index (χ4v) is 8.36. The summed E-state index contributed by atoms with van der Waals surface area (Å²) in [6.07, 6.45) is -4.71. The average Bonchev–Trinajstić information content (AvgIpc) is 3.78. The van der Waals surface area contributed by atoms with E-state index in [2.05, 4.69) is 30.3 Å². The maximum Gasteiger partial charge on any atom is 0.416 e. The van der Waals surface area contributed by atoms with E-state index in [1.54, 1.807) is 12.1 Å². The molecule has 0 aliphatic carbocycles. The number of hydrogen-bond donors (Lipinski definition) is 0. The van der Waals surface area contributed by atoms with Crippen LogP contribution >= 0.6 is 0 Å².